The summed E-state index contributed by atoms with van der Waals surface area (Å²) in [4.78, 5) is 23.5. The third-order valence-electron chi connectivity index (χ3n) is 2.68. The molecule has 0 atom stereocenters. The Morgan fingerprint density at radius 3 is 2.64 bits per heavy atom. The third kappa shape index (κ3) is 3.98. The van der Waals surface area contributed by atoms with Gasteiger partial charge in [-0.2, -0.15) is 0 Å². The minimum Gasteiger partial charge on any atom is -0.506 e. The van der Waals surface area contributed by atoms with E-state index >= 15 is 0 Å². The van der Waals surface area contributed by atoms with Gasteiger partial charge < -0.3 is 14.6 Å². The van der Waals surface area contributed by atoms with Crippen molar-refractivity contribution in [2.45, 2.75) is 13.5 Å². The lowest BCUT2D eigenvalue weighted by Crippen LogP contribution is -2.15. The first-order chi connectivity index (χ1) is 10.6. The second-order valence-electron chi connectivity index (χ2n) is 4.23. The van der Waals surface area contributed by atoms with E-state index in [0.29, 0.717) is 0 Å². The van der Waals surface area contributed by atoms with Crippen LogP contribution in [0.3, 0.4) is 0 Å². The summed E-state index contributed by atoms with van der Waals surface area (Å²) in [6.45, 7) is 1.94. The summed E-state index contributed by atoms with van der Waals surface area (Å²) in [6.07, 6.45) is -0.712. The Morgan fingerprint density at radius 2 is 1.95 bits per heavy atom. The molecule has 1 amide bonds. The van der Waals surface area contributed by atoms with E-state index in [1.807, 2.05) is 30.3 Å². The number of rotatable bonds is 5. The first kappa shape index (κ1) is 15.8. The molecule has 0 spiro atoms. The van der Waals surface area contributed by atoms with Crippen LogP contribution in [0.5, 0.6) is 5.75 Å². The van der Waals surface area contributed by atoms with Crippen molar-refractivity contribution in [3.8, 4) is 5.75 Å². The van der Waals surface area contributed by atoms with Crippen LogP contribution in [-0.2, 0) is 16.1 Å². The fourth-order valence-corrected chi connectivity index (χ4v) is 2.49. The summed E-state index contributed by atoms with van der Waals surface area (Å²) in [6, 6.07) is 9.20. The van der Waals surface area contributed by atoms with Crippen molar-refractivity contribution in [2.75, 3.05) is 11.9 Å². The summed E-state index contributed by atoms with van der Waals surface area (Å²) < 4.78 is 9.89. The van der Waals surface area contributed by atoms with Crippen LogP contribution in [-0.4, -0.2) is 23.8 Å². The number of aromatic hydroxyl groups is 1. The fraction of sp³-hybridized carbons (Fsp3) is 0.200. The van der Waals surface area contributed by atoms with E-state index in [2.05, 4.69) is 5.32 Å². The largest absolute Gasteiger partial charge is 0.506 e. The topological polar surface area (TPSA) is 84.9 Å². The molecule has 2 rings (SSSR count). The van der Waals surface area contributed by atoms with Crippen molar-refractivity contribution < 1.29 is 24.2 Å². The molecule has 0 aliphatic rings. The van der Waals surface area contributed by atoms with E-state index in [-0.39, 0.29) is 29.5 Å². The van der Waals surface area contributed by atoms with Crippen molar-refractivity contribution in [1.29, 1.82) is 0 Å². The van der Waals surface area contributed by atoms with Crippen molar-refractivity contribution in [3.05, 3.63) is 46.8 Å². The van der Waals surface area contributed by atoms with Crippen LogP contribution in [0.15, 0.2) is 35.7 Å². The molecule has 6 nitrogen and oxygen atoms in total. The molecule has 0 aliphatic carbocycles. The van der Waals surface area contributed by atoms with Gasteiger partial charge in [0, 0.05) is 5.38 Å². The minimum atomic E-state index is -0.712. The number of amides is 1. The van der Waals surface area contributed by atoms with E-state index < -0.39 is 12.1 Å². The van der Waals surface area contributed by atoms with Gasteiger partial charge in [-0.25, -0.2) is 9.59 Å². The normalized spacial score (nSPS) is 10.0. The molecular formula is C15H15NO5S. The Morgan fingerprint density at radius 1 is 1.23 bits per heavy atom. The molecule has 0 saturated carbocycles. The summed E-state index contributed by atoms with van der Waals surface area (Å²) in [5, 5.41) is 13.6. The number of benzene rings is 1. The average Bonchev–Trinajstić information content (AvgIpc) is 2.87. The summed E-state index contributed by atoms with van der Waals surface area (Å²) in [7, 11) is 0. The number of anilines is 1. The maximum Gasteiger partial charge on any atom is 0.412 e. The zero-order chi connectivity index (χ0) is 15.9. The minimum absolute atomic E-state index is 0.0662. The molecule has 0 unspecified atom stereocenters. The second kappa shape index (κ2) is 7.46. The van der Waals surface area contributed by atoms with Crippen molar-refractivity contribution >= 4 is 28.4 Å². The van der Waals surface area contributed by atoms with Gasteiger partial charge in [0.2, 0.25) is 0 Å². The Labute approximate surface area is 131 Å². The molecule has 2 N–H and O–H groups in total. The molecular weight excluding hydrogens is 306 g/mol. The molecule has 7 heteroatoms. The van der Waals surface area contributed by atoms with Crippen molar-refractivity contribution in [1.82, 2.24) is 0 Å². The molecule has 0 aliphatic heterocycles. The molecule has 0 radical (unpaired) electrons. The molecule has 0 fully saturated rings. The van der Waals surface area contributed by atoms with E-state index in [1.54, 1.807) is 6.92 Å². The van der Waals surface area contributed by atoms with Crippen LogP contribution in [0.1, 0.15) is 22.8 Å². The van der Waals surface area contributed by atoms with E-state index in [9.17, 15) is 14.7 Å². The first-order valence-corrected chi connectivity index (χ1v) is 7.45. The standard InChI is InChI=1S/C15H15NO5S/c1-2-20-14(18)12-11(17)9-22-13(12)16-15(19)21-8-10-6-4-3-5-7-10/h3-7,9,17H,2,8H2,1H3,(H,16,19). The van der Waals surface area contributed by atoms with Crippen LogP contribution >= 0.6 is 11.3 Å². The van der Waals surface area contributed by atoms with Gasteiger partial charge in [-0.1, -0.05) is 30.3 Å². The van der Waals surface area contributed by atoms with E-state index in [0.717, 1.165) is 16.9 Å². The van der Waals surface area contributed by atoms with Crippen molar-refractivity contribution in [2.24, 2.45) is 0 Å². The van der Waals surface area contributed by atoms with Gasteiger partial charge in [-0.3, -0.25) is 5.32 Å². The highest BCUT2D eigenvalue weighted by Crippen LogP contribution is 2.33. The fourth-order valence-electron chi connectivity index (χ4n) is 1.69. The SMILES string of the molecule is CCOC(=O)c1c(O)csc1NC(=O)OCc1ccccc1. The predicted octanol–water partition coefficient (Wildman–Crippen LogP) is 3.38. The predicted molar refractivity (Wildman–Crippen MR) is 82.2 cm³/mol. The van der Waals surface area contributed by atoms with Gasteiger partial charge in [0.15, 0.2) is 0 Å². The van der Waals surface area contributed by atoms with E-state index in [4.69, 9.17) is 9.47 Å². The summed E-state index contributed by atoms with van der Waals surface area (Å²) in [5.74, 6) is -0.929. The van der Waals surface area contributed by atoms with Crippen LogP contribution in [0.4, 0.5) is 9.80 Å². The highest BCUT2D eigenvalue weighted by molar-refractivity contribution is 7.15. The average molecular weight is 321 g/mol. The van der Waals surface area contributed by atoms with Crippen LogP contribution in [0.2, 0.25) is 0 Å². The zero-order valence-electron chi connectivity index (χ0n) is 11.9. The van der Waals surface area contributed by atoms with Crippen LogP contribution < -0.4 is 5.32 Å². The van der Waals surface area contributed by atoms with Crippen LogP contribution in [0.25, 0.3) is 0 Å². The maximum atomic E-state index is 11.8. The Bertz CT molecular complexity index is 653. The molecule has 1 aromatic carbocycles. The number of hydrogen-bond acceptors (Lipinski definition) is 6. The number of carbonyl (C=O) groups is 2. The monoisotopic (exact) mass is 321 g/mol. The summed E-state index contributed by atoms with van der Waals surface area (Å²) in [5.41, 5.74) is 0.779. The lowest BCUT2D eigenvalue weighted by molar-refractivity contribution is 0.0525. The van der Waals surface area contributed by atoms with Gasteiger partial charge in [-0.05, 0) is 12.5 Å². The molecule has 2 aromatic rings. The lowest BCUT2D eigenvalue weighted by atomic mass is 10.2. The Kier molecular flexibility index (Phi) is 5.37. The van der Waals surface area contributed by atoms with Crippen molar-refractivity contribution in [3.63, 3.8) is 0 Å². The third-order valence-corrected chi connectivity index (χ3v) is 3.56. The lowest BCUT2D eigenvalue weighted by Gasteiger charge is -2.07. The number of ether oxygens (including phenoxy) is 2. The number of hydrogen-bond donors (Lipinski definition) is 2. The van der Waals surface area contributed by atoms with Gasteiger partial charge in [0.05, 0.1) is 6.61 Å². The Balaban J connectivity index is 1.98. The van der Waals surface area contributed by atoms with Gasteiger partial charge in [0.1, 0.15) is 22.9 Å². The first-order valence-electron chi connectivity index (χ1n) is 6.57. The quantitative estimate of drug-likeness (QED) is 0.825. The highest BCUT2D eigenvalue weighted by Gasteiger charge is 2.22. The molecule has 0 saturated heterocycles. The number of thiophene rings is 1. The Hall–Kier alpha value is -2.54. The molecule has 0 bridgehead atoms. The molecule has 22 heavy (non-hydrogen) atoms. The number of nitrogens with one attached hydrogen (secondary N) is 1. The highest BCUT2D eigenvalue weighted by atomic mass is 32.1. The van der Waals surface area contributed by atoms with Gasteiger partial charge in [-0.15, -0.1) is 11.3 Å². The van der Waals surface area contributed by atoms with Crippen LogP contribution in [0, 0.1) is 0 Å². The number of carbonyl (C=O) groups excluding carboxylic acids is 2. The molecule has 116 valence electrons. The smallest absolute Gasteiger partial charge is 0.412 e. The number of esters is 1. The molecule has 1 aromatic heterocycles. The maximum absolute atomic E-state index is 11.8. The summed E-state index contributed by atoms with van der Waals surface area (Å²) >= 11 is 1.02. The van der Waals surface area contributed by atoms with E-state index in [1.165, 1.54) is 5.38 Å². The second-order valence-corrected chi connectivity index (χ2v) is 5.11. The molecule has 1 heterocycles. The van der Waals surface area contributed by atoms with Gasteiger partial charge in [0.25, 0.3) is 0 Å². The zero-order valence-corrected chi connectivity index (χ0v) is 12.7. The van der Waals surface area contributed by atoms with Gasteiger partial charge >= 0.3 is 12.1 Å².